The third kappa shape index (κ3) is 4.76. The third-order valence-electron chi connectivity index (χ3n) is 5.96. The normalized spacial score (nSPS) is 23.0. The van der Waals surface area contributed by atoms with Gasteiger partial charge in [-0.2, -0.15) is 4.98 Å². The van der Waals surface area contributed by atoms with Crippen LogP contribution in [-0.2, 0) is 27.2 Å². The van der Waals surface area contributed by atoms with Crippen LogP contribution in [0.25, 0.3) is 11.3 Å². The Morgan fingerprint density at radius 1 is 1.03 bits per heavy atom. The first kappa shape index (κ1) is 20.5. The van der Waals surface area contributed by atoms with E-state index >= 15 is 0 Å². The molecule has 166 valence electrons. The zero-order chi connectivity index (χ0) is 21.0. The van der Waals surface area contributed by atoms with Crippen molar-refractivity contribution in [2.45, 2.75) is 44.4 Å². The molecule has 31 heavy (non-hydrogen) atoms. The summed E-state index contributed by atoms with van der Waals surface area (Å²) in [6.07, 6.45) is 4.17. The van der Waals surface area contributed by atoms with Crippen molar-refractivity contribution in [3.63, 3.8) is 0 Å². The maximum atomic E-state index is 12.6. The summed E-state index contributed by atoms with van der Waals surface area (Å²) in [6, 6.07) is 7.87. The summed E-state index contributed by atoms with van der Waals surface area (Å²) in [5.74, 6) is 1.15. The Balaban J connectivity index is 1.31. The molecule has 5 rings (SSSR count). The van der Waals surface area contributed by atoms with E-state index in [1.165, 1.54) is 6.42 Å². The fourth-order valence-electron chi connectivity index (χ4n) is 4.29. The van der Waals surface area contributed by atoms with E-state index < -0.39 is 0 Å². The minimum absolute atomic E-state index is 0.144. The zero-order valence-corrected chi connectivity index (χ0v) is 17.6. The highest BCUT2D eigenvalue weighted by Crippen LogP contribution is 2.32. The Hall–Kier alpha value is -2.42. The van der Waals surface area contributed by atoms with Crippen LogP contribution in [0.4, 0.5) is 0 Å². The molecule has 2 saturated heterocycles. The van der Waals surface area contributed by atoms with Crippen molar-refractivity contribution >= 4 is 0 Å². The van der Waals surface area contributed by atoms with Crippen molar-refractivity contribution in [1.82, 2.24) is 9.55 Å². The molecule has 0 saturated carbocycles. The van der Waals surface area contributed by atoms with Gasteiger partial charge in [0, 0.05) is 24.8 Å². The van der Waals surface area contributed by atoms with E-state index in [9.17, 15) is 4.79 Å². The van der Waals surface area contributed by atoms with E-state index in [-0.39, 0.29) is 17.9 Å². The molecule has 3 aliphatic heterocycles. The highest BCUT2D eigenvalue weighted by Gasteiger charge is 2.21. The highest BCUT2D eigenvalue weighted by molar-refractivity contribution is 5.67. The van der Waals surface area contributed by atoms with Gasteiger partial charge in [-0.1, -0.05) is 0 Å². The molecule has 2 aromatic rings. The summed E-state index contributed by atoms with van der Waals surface area (Å²) >= 11 is 0. The minimum Gasteiger partial charge on any atom is -0.491 e. The van der Waals surface area contributed by atoms with Crippen LogP contribution in [0.2, 0.25) is 0 Å². The smallest absolute Gasteiger partial charge is 0.351 e. The molecular formula is C23H28N2O6. The molecule has 4 heterocycles. The zero-order valence-electron chi connectivity index (χ0n) is 17.6. The Labute approximate surface area is 181 Å². The molecule has 0 amide bonds. The van der Waals surface area contributed by atoms with E-state index in [1.54, 1.807) is 4.57 Å². The van der Waals surface area contributed by atoms with Crippen LogP contribution in [-0.4, -0.2) is 61.4 Å². The van der Waals surface area contributed by atoms with E-state index in [2.05, 4.69) is 11.1 Å². The van der Waals surface area contributed by atoms with Crippen molar-refractivity contribution in [3.05, 3.63) is 40.3 Å². The lowest BCUT2D eigenvalue weighted by molar-refractivity contribution is -0.102. The number of nitrogens with zero attached hydrogens (tertiary/aromatic N) is 2. The molecule has 8 heteroatoms. The molecule has 2 atom stereocenters. The van der Waals surface area contributed by atoms with Crippen LogP contribution < -0.4 is 15.2 Å². The summed E-state index contributed by atoms with van der Waals surface area (Å²) in [5.41, 5.74) is 2.68. The van der Waals surface area contributed by atoms with Gasteiger partial charge >= 0.3 is 5.69 Å². The van der Waals surface area contributed by atoms with Crippen molar-refractivity contribution < 1.29 is 23.7 Å². The summed E-state index contributed by atoms with van der Waals surface area (Å²) in [7, 11) is 0. The van der Waals surface area contributed by atoms with Crippen molar-refractivity contribution in [3.8, 4) is 22.9 Å². The maximum Gasteiger partial charge on any atom is 0.351 e. The Morgan fingerprint density at radius 3 is 2.77 bits per heavy atom. The van der Waals surface area contributed by atoms with E-state index in [1.807, 2.05) is 18.2 Å². The average molecular weight is 428 g/mol. The number of aromatic nitrogens is 2. The largest absolute Gasteiger partial charge is 0.491 e. The van der Waals surface area contributed by atoms with Gasteiger partial charge < -0.3 is 23.7 Å². The summed E-state index contributed by atoms with van der Waals surface area (Å²) in [5, 5.41) is 0. The molecule has 0 N–H and O–H groups in total. The predicted octanol–water partition coefficient (Wildman–Crippen LogP) is 2.21. The second-order valence-corrected chi connectivity index (χ2v) is 8.16. The van der Waals surface area contributed by atoms with Gasteiger partial charge in [0.05, 0.1) is 31.6 Å². The van der Waals surface area contributed by atoms with Gasteiger partial charge in [-0.05, 0) is 49.4 Å². The van der Waals surface area contributed by atoms with Crippen LogP contribution in [0.1, 0.15) is 24.8 Å². The SMILES string of the molecule is O=c1nc(OC[C@@H]2COCCO2)cc2n1CCc1cc(OCC3CCCCO3)ccc1-2. The predicted molar refractivity (Wildman–Crippen MR) is 113 cm³/mol. The number of benzene rings is 1. The first-order valence-electron chi connectivity index (χ1n) is 11.1. The summed E-state index contributed by atoms with van der Waals surface area (Å²) in [6.45, 7) is 3.93. The Kier molecular flexibility index (Phi) is 6.20. The van der Waals surface area contributed by atoms with Gasteiger partial charge in [-0.25, -0.2) is 4.79 Å². The molecular weight excluding hydrogens is 400 g/mol. The van der Waals surface area contributed by atoms with Gasteiger partial charge in [-0.3, -0.25) is 4.57 Å². The second-order valence-electron chi connectivity index (χ2n) is 8.16. The standard InChI is InChI=1S/C23H28N2O6/c26-23-24-22(31-15-19-13-27-9-10-29-19)12-21-20-5-4-17(11-16(20)6-7-25(21)23)30-14-18-3-1-2-8-28-18/h4-5,11-12,18-19H,1-3,6-10,13-15H2/t18?,19-/m0/s1. The molecule has 0 aliphatic carbocycles. The topological polar surface area (TPSA) is 81.0 Å². The van der Waals surface area contributed by atoms with E-state index in [4.69, 9.17) is 23.7 Å². The van der Waals surface area contributed by atoms with E-state index in [0.717, 1.165) is 48.4 Å². The second kappa shape index (κ2) is 9.38. The van der Waals surface area contributed by atoms with Gasteiger partial charge in [0.25, 0.3) is 0 Å². The lowest BCUT2D eigenvalue weighted by Crippen LogP contribution is -2.34. The van der Waals surface area contributed by atoms with Crippen LogP contribution in [0.5, 0.6) is 11.6 Å². The van der Waals surface area contributed by atoms with Crippen LogP contribution >= 0.6 is 0 Å². The Morgan fingerprint density at radius 2 is 1.94 bits per heavy atom. The fraction of sp³-hybridized carbons (Fsp3) is 0.565. The lowest BCUT2D eigenvalue weighted by Gasteiger charge is -2.25. The molecule has 2 fully saturated rings. The number of hydrogen-bond donors (Lipinski definition) is 0. The quantitative estimate of drug-likeness (QED) is 0.698. The molecule has 1 aromatic carbocycles. The molecule has 1 aromatic heterocycles. The van der Waals surface area contributed by atoms with E-state index in [0.29, 0.717) is 45.5 Å². The molecule has 0 bridgehead atoms. The molecule has 8 nitrogen and oxygen atoms in total. The average Bonchev–Trinajstić information content (AvgIpc) is 2.82. The molecule has 0 radical (unpaired) electrons. The monoisotopic (exact) mass is 428 g/mol. The van der Waals surface area contributed by atoms with Crippen molar-refractivity contribution in [2.75, 3.05) is 39.6 Å². The molecule has 0 spiro atoms. The summed E-state index contributed by atoms with van der Waals surface area (Å²) < 4.78 is 30.2. The van der Waals surface area contributed by atoms with Crippen LogP contribution in [0.3, 0.4) is 0 Å². The lowest BCUT2D eigenvalue weighted by atomic mass is 9.97. The summed E-state index contributed by atoms with van der Waals surface area (Å²) in [4.78, 5) is 16.7. The van der Waals surface area contributed by atoms with Crippen molar-refractivity contribution in [2.24, 2.45) is 0 Å². The first-order valence-corrected chi connectivity index (χ1v) is 11.1. The molecule has 1 unspecified atom stereocenters. The van der Waals surface area contributed by atoms with Gasteiger partial charge in [-0.15, -0.1) is 0 Å². The first-order chi connectivity index (χ1) is 15.3. The van der Waals surface area contributed by atoms with Gasteiger partial charge in [0.15, 0.2) is 0 Å². The molecule has 3 aliphatic rings. The third-order valence-corrected chi connectivity index (χ3v) is 5.96. The van der Waals surface area contributed by atoms with Crippen LogP contribution in [0, 0.1) is 0 Å². The number of aryl methyl sites for hydroxylation is 1. The minimum atomic E-state index is -0.297. The fourth-order valence-corrected chi connectivity index (χ4v) is 4.29. The number of rotatable bonds is 6. The number of ether oxygens (including phenoxy) is 5. The maximum absolute atomic E-state index is 12.6. The van der Waals surface area contributed by atoms with Crippen LogP contribution in [0.15, 0.2) is 29.1 Å². The van der Waals surface area contributed by atoms with Gasteiger partial charge in [0.2, 0.25) is 5.88 Å². The number of fused-ring (bicyclic) bond motifs is 3. The Bertz CT molecular complexity index is 963. The van der Waals surface area contributed by atoms with Crippen molar-refractivity contribution in [1.29, 1.82) is 0 Å². The number of hydrogen-bond acceptors (Lipinski definition) is 7. The highest BCUT2D eigenvalue weighted by atomic mass is 16.6. The van der Waals surface area contributed by atoms with Gasteiger partial charge in [0.1, 0.15) is 25.1 Å².